The van der Waals surface area contributed by atoms with Gasteiger partial charge in [0, 0.05) is 32.3 Å². The molecule has 31 heavy (non-hydrogen) atoms. The monoisotopic (exact) mass is 430 g/mol. The van der Waals surface area contributed by atoms with E-state index in [1.165, 1.54) is 35.9 Å². The molecule has 2 N–H and O–H groups in total. The minimum Gasteiger partial charge on any atom is -0.491 e. The molecule has 164 valence electrons. The van der Waals surface area contributed by atoms with E-state index in [2.05, 4.69) is 9.97 Å². The number of aromatic nitrogens is 4. The molecule has 0 amide bonds. The molecule has 1 atom stereocenters. The number of aliphatic hydroxyl groups excluding tert-OH is 1. The van der Waals surface area contributed by atoms with Crippen molar-refractivity contribution in [3.05, 3.63) is 55.2 Å². The first-order chi connectivity index (χ1) is 14.8. The average molecular weight is 430 g/mol. The number of non-ortho nitro benzene ring substituents is 1. The Balaban J connectivity index is 1.59. The Kier molecular flexibility index (Phi) is 5.46. The van der Waals surface area contributed by atoms with E-state index in [1.54, 1.807) is 4.57 Å². The Bertz CT molecular complexity index is 1220. The highest BCUT2D eigenvalue weighted by Gasteiger charge is 2.25. The van der Waals surface area contributed by atoms with Crippen LogP contribution in [0.4, 0.5) is 11.6 Å². The van der Waals surface area contributed by atoms with Crippen LogP contribution >= 0.6 is 0 Å². The lowest BCUT2D eigenvalue weighted by molar-refractivity contribution is -0.384. The standard InChI is InChI=1S/C19H22N6O6/c1-22-16-15(17(27)21-19(22)28)24(18(20-16)23-8-2-3-9-23)10-13(26)11-31-14-6-4-12(5-7-14)25(29)30/h4-7,13,26H,2-3,8-11H2,1H3,(H,21,27,28)/t13-/m0/s1. The highest BCUT2D eigenvalue weighted by Crippen LogP contribution is 2.24. The number of nitrogens with one attached hydrogen (secondary N) is 1. The van der Waals surface area contributed by atoms with Gasteiger partial charge in [0.2, 0.25) is 5.95 Å². The Hall–Kier alpha value is -3.67. The van der Waals surface area contributed by atoms with Crippen molar-refractivity contribution in [2.45, 2.75) is 25.5 Å². The number of aromatic amines is 1. The van der Waals surface area contributed by atoms with Crippen LogP contribution in [0.5, 0.6) is 5.75 Å². The summed E-state index contributed by atoms with van der Waals surface area (Å²) in [5.41, 5.74) is -0.730. The Labute approximate surface area is 175 Å². The van der Waals surface area contributed by atoms with Crippen molar-refractivity contribution >= 4 is 22.8 Å². The van der Waals surface area contributed by atoms with Gasteiger partial charge in [0.1, 0.15) is 18.5 Å². The maximum Gasteiger partial charge on any atom is 0.329 e. The van der Waals surface area contributed by atoms with Crippen LogP contribution in [0.15, 0.2) is 33.9 Å². The molecule has 3 heterocycles. The predicted octanol–water partition coefficient (Wildman–Crippen LogP) is 0.372. The molecule has 12 heteroatoms. The molecule has 1 fully saturated rings. The van der Waals surface area contributed by atoms with Crippen molar-refractivity contribution in [1.29, 1.82) is 0 Å². The normalized spacial score (nSPS) is 14.8. The summed E-state index contributed by atoms with van der Waals surface area (Å²) < 4.78 is 8.42. The number of rotatable bonds is 7. The van der Waals surface area contributed by atoms with Crippen molar-refractivity contribution in [1.82, 2.24) is 19.1 Å². The first-order valence-corrected chi connectivity index (χ1v) is 9.85. The summed E-state index contributed by atoms with van der Waals surface area (Å²) in [6.45, 7) is 1.46. The number of fused-ring (bicyclic) bond motifs is 1. The topological polar surface area (TPSA) is 149 Å². The van der Waals surface area contributed by atoms with Gasteiger partial charge < -0.3 is 19.3 Å². The quantitative estimate of drug-likeness (QED) is 0.403. The summed E-state index contributed by atoms with van der Waals surface area (Å²) in [6.07, 6.45) is 0.986. The second-order valence-corrected chi connectivity index (χ2v) is 7.42. The fourth-order valence-corrected chi connectivity index (χ4v) is 3.67. The predicted molar refractivity (Wildman–Crippen MR) is 112 cm³/mol. The summed E-state index contributed by atoms with van der Waals surface area (Å²) in [7, 11) is 1.53. The summed E-state index contributed by atoms with van der Waals surface area (Å²) in [6, 6.07) is 5.54. The van der Waals surface area contributed by atoms with E-state index >= 15 is 0 Å². The number of H-pyrrole nitrogens is 1. The SMILES string of the molecule is Cn1c(=O)[nH]c(=O)c2c1nc(N1CCCC1)n2C[C@H](O)COc1ccc([N+](=O)[O-])cc1. The van der Waals surface area contributed by atoms with E-state index in [4.69, 9.17) is 4.74 Å². The fraction of sp³-hybridized carbons (Fsp3) is 0.421. The second kappa shape index (κ2) is 8.22. The number of nitro benzene ring substituents is 1. The van der Waals surface area contributed by atoms with Crippen LogP contribution in [0, 0.1) is 10.1 Å². The van der Waals surface area contributed by atoms with Gasteiger partial charge in [-0.25, -0.2) is 4.79 Å². The third-order valence-corrected chi connectivity index (χ3v) is 5.26. The van der Waals surface area contributed by atoms with Gasteiger partial charge in [-0.3, -0.25) is 24.5 Å². The van der Waals surface area contributed by atoms with Gasteiger partial charge in [0.25, 0.3) is 11.2 Å². The lowest BCUT2D eigenvalue weighted by Gasteiger charge is -2.20. The summed E-state index contributed by atoms with van der Waals surface area (Å²) >= 11 is 0. The summed E-state index contributed by atoms with van der Waals surface area (Å²) in [5, 5.41) is 21.3. The number of imidazole rings is 1. The van der Waals surface area contributed by atoms with Gasteiger partial charge in [0.15, 0.2) is 11.2 Å². The van der Waals surface area contributed by atoms with E-state index in [0.717, 1.165) is 25.9 Å². The first kappa shape index (κ1) is 20.6. The van der Waals surface area contributed by atoms with Crippen LogP contribution < -0.4 is 20.9 Å². The Morgan fingerprint density at radius 3 is 2.58 bits per heavy atom. The molecule has 2 aromatic heterocycles. The van der Waals surface area contributed by atoms with Gasteiger partial charge in [-0.05, 0) is 25.0 Å². The zero-order valence-corrected chi connectivity index (χ0v) is 16.9. The van der Waals surface area contributed by atoms with Gasteiger partial charge in [0.05, 0.1) is 11.5 Å². The van der Waals surface area contributed by atoms with Crippen LogP contribution in [0.25, 0.3) is 11.2 Å². The van der Waals surface area contributed by atoms with Crippen LogP contribution in [0.3, 0.4) is 0 Å². The number of benzene rings is 1. The smallest absolute Gasteiger partial charge is 0.329 e. The molecule has 1 aromatic carbocycles. The van der Waals surface area contributed by atoms with E-state index in [1.807, 2.05) is 4.90 Å². The van der Waals surface area contributed by atoms with Crippen molar-refractivity contribution in [3.63, 3.8) is 0 Å². The molecule has 12 nitrogen and oxygen atoms in total. The van der Waals surface area contributed by atoms with Gasteiger partial charge in [-0.2, -0.15) is 4.98 Å². The molecule has 4 rings (SSSR count). The zero-order chi connectivity index (χ0) is 22.1. The lowest BCUT2D eigenvalue weighted by atomic mass is 10.3. The lowest BCUT2D eigenvalue weighted by Crippen LogP contribution is -2.31. The van der Waals surface area contributed by atoms with Crippen LogP contribution in [0.1, 0.15) is 12.8 Å². The molecule has 0 aliphatic carbocycles. The number of nitrogens with zero attached hydrogens (tertiary/aromatic N) is 5. The largest absolute Gasteiger partial charge is 0.491 e. The van der Waals surface area contributed by atoms with E-state index < -0.39 is 22.3 Å². The maximum absolute atomic E-state index is 12.5. The van der Waals surface area contributed by atoms with Crippen molar-refractivity contribution < 1.29 is 14.8 Å². The van der Waals surface area contributed by atoms with E-state index in [0.29, 0.717) is 11.7 Å². The molecule has 1 aliphatic heterocycles. The number of anilines is 1. The van der Waals surface area contributed by atoms with Gasteiger partial charge in [-0.15, -0.1) is 0 Å². The molecule has 0 spiro atoms. The molecule has 0 saturated carbocycles. The van der Waals surface area contributed by atoms with E-state index in [-0.39, 0.29) is 30.0 Å². The molecule has 0 bridgehead atoms. The zero-order valence-electron chi connectivity index (χ0n) is 16.9. The van der Waals surface area contributed by atoms with Crippen LogP contribution in [-0.4, -0.2) is 54.9 Å². The summed E-state index contributed by atoms with van der Waals surface area (Å²) in [4.78, 5) is 43.6. The molecule has 1 aliphatic rings. The second-order valence-electron chi connectivity index (χ2n) is 7.42. The highest BCUT2D eigenvalue weighted by atomic mass is 16.6. The van der Waals surface area contributed by atoms with Crippen molar-refractivity contribution in [2.24, 2.45) is 7.05 Å². The van der Waals surface area contributed by atoms with Crippen molar-refractivity contribution in [2.75, 3.05) is 24.6 Å². The van der Waals surface area contributed by atoms with Gasteiger partial charge >= 0.3 is 5.69 Å². The first-order valence-electron chi connectivity index (χ1n) is 9.85. The number of ether oxygens (including phenoxy) is 1. The number of hydrogen-bond acceptors (Lipinski definition) is 8. The van der Waals surface area contributed by atoms with Gasteiger partial charge in [-0.1, -0.05) is 0 Å². The number of aryl methyl sites for hydroxylation is 1. The number of nitro groups is 1. The third-order valence-electron chi connectivity index (χ3n) is 5.26. The maximum atomic E-state index is 12.5. The molecular weight excluding hydrogens is 408 g/mol. The Morgan fingerprint density at radius 1 is 1.26 bits per heavy atom. The Morgan fingerprint density at radius 2 is 1.94 bits per heavy atom. The minimum atomic E-state index is -0.995. The fourth-order valence-electron chi connectivity index (χ4n) is 3.67. The summed E-state index contributed by atoms with van der Waals surface area (Å²) in [5.74, 6) is 0.897. The van der Waals surface area contributed by atoms with E-state index in [9.17, 15) is 24.8 Å². The molecular formula is C19H22N6O6. The third kappa shape index (κ3) is 4.01. The number of aliphatic hydroxyl groups is 1. The molecule has 0 unspecified atom stereocenters. The average Bonchev–Trinajstić information content (AvgIpc) is 3.39. The van der Waals surface area contributed by atoms with Crippen LogP contribution in [-0.2, 0) is 13.6 Å². The highest BCUT2D eigenvalue weighted by molar-refractivity contribution is 5.74. The molecule has 1 saturated heterocycles. The number of hydrogen-bond donors (Lipinski definition) is 2. The molecule has 3 aromatic rings. The van der Waals surface area contributed by atoms with Crippen LogP contribution in [0.2, 0.25) is 0 Å². The van der Waals surface area contributed by atoms with Crippen molar-refractivity contribution in [3.8, 4) is 5.75 Å². The minimum absolute atomic E-state index is 0.0244. The molecule has 0 radical (unpaired) electrons.